The molecule has 0 N–H and O–H groups in total. The predicted octanol–water partition coefficient (Wildman–Crippen LogP) is 7.18. The number of benzene rings is 2. The Morgan fingerprint density at radius 1 is 0.789 bits per heavy atom. The third-order valence-corrected chi connectivity index (χ3v) is 5.98. The van der Waals surface area contributed by atoms with Gasteiger partial charge >= 0.3 is 0 Å². The quantitative estimate of drug-likeness (QED) is 0.246. The molecule has 0 saturated heterocycles. The van der Waals surface area contributed by atoms with Gasteiger partial charge < -0.3 is 9.47 Å². The van der Waals surface area contributed by atoms with E-state index in [-0.39, 0.29) is 0 Å². The first-order chi connectivity index (χ1) is 8.99. The number of fused-ring (bicyclic) bond motifs is 2. The highest BCUT2D eigenvalue weighted by molar-refractivity contribution is 9.11. The van der Waals surface area contributed by atoms with Crippen LogP contribution in [0.4, 0.5) is 0 Å². The average Bonchev–Trinajstić information content (AvgIpc) is 2.41. The van der Waals surface area contributed by atoms with Crippen molar-refractivity contribution in [1.82, 2.24) is 0 Å². The van der Waals surface area contributed by atoms with E-state index in [9.17, 15) is 0 Å². The van der Waals surface area contributed by atoms with Gasteiger partial charge in [-0.3, -0.25) is 0 Å². The summed E-state index contributed by atoms with van der Waals surface area (Å²) in [5, 5.41) is 0.808. The Hall–Kier alpha value is 0.0600. The fourth-order valence-corrected chi connectivity index (χ4v) is 3.53. The maximum Gasteiger partial charge on any atom is 0.191 e. The summed E-state index contributed by atoms with van der Waals surface area (Å²) in [7, 11) is 0. The van der Waals surface area contributed by atoms with E-state index >= 15 is 0 Å². The van der Waals surface area contributed by atoms with E-state index in [4.69, 9.17) is 32.7 Å². The summed E-state index contributed by atoms with van der Waals surface area (Å²) in [5.41, 5.74) is 0. The molecule has 3 rings (SSSR count). The Morgan fingerprint density at radius 2 is 1.47 bits per heavy atom. The summed E-state index contributed by atoms with van der Waals surface area (Å²) in [4.78, 5) is 0. The zero-order chi connectivity index (χ0) is 13.7. The van der Waals surface area contributed by atoms with Crippen LogP contribution in [0.2, 0.25) is 10.0 Å². The molecule has 2 aromatic rings. The van der Waals surface area contributed by atoms with E-state index in [1.807, 2.05) is 12.1 Å². The highest BCUT2D eigenvalue weighted by Gasteiger charge is 2.28. The Kier molecular flexibility index (Phi) is 3.77. The second kappa shape index (κ2) is 5.11. The molecule has 98 valence electrons. The highest BCUT2D eigenvalue weighted by Crippen LogP contribution is 2.56. The van der Waals surface area contributed by atoms with Crippen LogP contribution in [-0.4, -0.2) is 0 Å². The van der Waals surface area contributed by atoms with Crippen molar-refractivity contribution in [2.75, 3.05) is 0 Å². The van der Waals surface area contributed by atoms with Crippen LogP contribution in [0.25, 0.3) is 0 Å². The SMILES string of the molecule is Clc1c(Br)c(Cl)c2c(c1Br)Oc1cc(Br)ccc1O2. The topological polar surface area (TPSA) is 18.5 Å². The molecule has 7 heteroatoms. The number of hydrogen-bond donors (Lipinski definition) is 0. The van der Waals surface area contributed by atoms with E-state index in [0.717, 1.165) is 4.47 Å². The van der Waals surface area contributed by atoms with Crippen molar-refractivity contribution < 1.29 is 9.47 Å². The van der Waals surface area contributed by atoms with Crippen LogP contribution in [0.3, 0.4) is 0 Å². The van der Waals surface area contributed by atoms with Gasteiger partial charge in [0.15, 0.2) is 23.0 Å². The van der Waals surface area contributed by atoms with Gasteiger partial charge in [-0.05, 0) is 50.1 Å². The van der Waals surface area contributed by atoms with Gasteiger partial charge in [0.2, 0.25) is 0 Å². The summed E-state index contributed by atoms with van der Waals surface area (Å²) >= 11 is 22.5. The van der Waals surface area contributed by atoms with Gasteiger partial charge in [0, 0.05) is 4.47 Å². The fraction of sp³-hybridized carbons (Fsp3) is 0. The van der Waals surface area contributed by atoms with Gasteiger partial charge in [0.05, 0.1) is 14.0 Å². The van der Waals surface area contributed by atoms with Crippen molar-refractivity contribution in [2.24, 2.45) is 0 Å². The van der Waals surface area contributed by atoms with Crippen LogP contribution >= 0.6 is 71.0 Å². The molecule has 1 aliphatic heterocycles. The highest BCUT2D eigenvalue weighted by atomic mass is 79.9. The number of rotatable bonds is 0. The van der Waals surface area contributed by atoms with Crippen LogP contribution in [0.5, 0.6) is 23.0 Å². The van der Waals surface area contributed by atoms with Gasteiger partial charge in [-0.2, -0.15) is 0 Å². The monoisotopic (exact) mass is 486 g/mol. The zero-order valence-corrected chi connectivity index (χ0v) is 15.2. The molecule has 0 atom stereocenters. The first-order valence-electron chi connectivity index (χ1n) is 5.00. The van der Waals surface area contributed by atoms with Crippen molar-refractivity contribution >= 4 is 71.0 Å². The minimum atomic E-state index is 0.372. The van der Waals surface area contributed by atoms with Crippen molar-refractivity contribution in [3.8, 4) is 23.0 Å². The average molecular weight is 490 g/mol. The number of ether oxygens (including phenoxy) is 2. The Bertz CT molecular complexity index is 704. The van der Waals surface area contributed by atoms with Gasteiger partial charge in [0.1, 0.15) is 5.02 Å². The lowest BCUT2D eigenvalue weighted by molar-refractivity contribution is 0.357. The lowest BCUT2D eigenvalue weighted by atomic mass is 10.2. The molecule has 0 bridgehead atoms. The van der Waals surface area contributed by atoms with Crippen LogP contribution in [0, 0.1) is 0 Å². The maximum absolute atomic E-state index is 6.22. The predicted molar refractivity (Wildman–Crippen MR) is 86.2 cm³/mol. The molecule has 0 radical (unpaired) electrons. The largest absolute Gasteiger partial charge is 0.448 e. The van der Waals surface area contributed by atoms with E-state index in [0.29, 0.717) is 42.0 Å². The molecular formula is C12H3Br3Cl2O2. The normalized spacial score (nSPS) is 12.3. The molecule has 0 saturated carbocycles. The third kappa shape index (κ3) is 2.29. The molecule has 2 nitrogen and oxygen atoms in total. The Labute approximate surface area is 144 Å². The maximum atomic E-state index is 6.22. The van der Waals surface area contributed by atoms with Crippen molar-refractivity contribution in [2.45, 2.75) is 0 Å². The van der Waals surface area contributed by atoms with E-state index in [2.05, 4.69) is 47.8 Å². The molecule has 0 unspecified atom stereocenters. The summed E-state index contributed by atoms with van der Waals surface area (Å²) in [6.07, 6.45) is 0. The van der Waals surface area contributed by atoms with Crippen LogP contribution in [-0.2, 0) is 0 Å². The molecule has 1 heterocycles. The van der Waals surface area contributed by atoms with E-state index in [1.54, 1.807) is 6.07 Å². The molecule has 2 aromatic carbocycles. The second-order valence-corrected chi connectivity index (χ2v) is 6.97. The molecule has 0 fully saturated rings. The fourth-order valence-electron chi connectivity index (χ4n) is 1.64. The minimum Gasteiger partial charge on any atom is -0.448 e. The van der Waals surface area contributed by atoms with Gasteiger partial charge in [0.25, 0.3) is 0 Å². The zero-order valence-electron chi connectivity index (χ0n) is 8.94. The van der Waals surface area contributed by atoms with Crippen LogP contribution < -0.4 is 9.47 Å². The Morgan fingerprint density at radius 3 is 2.21 bits per heavy atom. The smallest absolute Gasteiger partial charge is 0.191 e. The Balaban J connectivity index is 2.23. The van der Waals surface area contributed by atoms with Crippen molar-refractivity contribution in [3.63, 3.8) is 0 Å². The molecule has 0 amide bonds. The third-order valence-electron chi connectivity index (χ3n) is 2.51. The van der Waals surface area contributed by atoms with Crippen molar-refractivity contribution in [1.29, 1.82) is 0 Å². The first kappa shape index (κ1) is 14.0. The molecule has 0 spiro atoms. The summed E-state index contributed by atoms with van der Waals surface area (Å²) < 4.78 is 13.6. The minimum absolute atomic E-state index is 0.372. The number of halogens is 5. The second-order valence-electron chi connectivity index (χ2n) is 3.71. The molecular weight excluding hydrogens is 487 g/mol. The van der Waals surface area contributed by atoms with Crippen molar-refractivity contribution in [3.05, 3.63) is 41.7 Å². The summed E-state index contributed by atoms with van der Waals surface area (Å²) in [5.74, 6) is 2.08. The summed E-state index contributed by atoms with van der Waals surface area (Å²) in [6, 6.07) is 5.48. The summed E-state index contributed by atoms with van der Waals surface area (Å²) in [6.45, 7) is 0. The molecule has 19 heavy (non-hydrogen) atoms. The van der Waals surface area contributed by atoms with Gasteiger partial charge in [-0.15, -0.1) is 0 Å². The first-order valence-corrected chi connectivity index (χ1v) is 8.13. The number of hydrogen-bond acceptors (Lipinski definition) is 2. The van der Waals surface area contributed by atoms with Gasteiger partial charge in [-0.25, -0.2) is 0 Å². The lowest BCUT2D eigenvalue weighted by Gasteiger charge is -2.23. The molecule has 0 aliphatic carbocycles. The molecule has 1 aliphatic rings. The van der Waals surface area contributed by atoms with Gasteiger partial charge in [-0.1, -0.05) is 39.1 Å². The van der Waals surface area contributed by atoms with E-state index in [1.165, 1.54) is 0 Å². The van der Waals surface area contributed by atoms with Crippen LogP contribution in [0.1, 0.15) is 0 Å². The van der Waals surface area contributed by atoms with E-state index < -0.39 is 0 Å². The standard InChI is InChI=1S/C12H3Br3Cl2O2/c13-4-1-2-5-6(3-4)19-11-8(15)9(16)7(14)10(17)12(11)18-5/h1-3H. The lowest BCUT2D eigenvalue weighted by Crippen LogP contribution is -2.01. The molecule has 0 aromatic heterocycles. The van der Waals surface area contributed by atoms with Crippen LogP contribution in [0.15, 0.2) is 31.6 Å².